The van der Waals surface area contributed by atoms with Crippen molar-refractivity contribution in [3.8, 4) is 5.75 Å². The van der Waals surface area contributed by atoms with Gasteiger partial charge in [-0.1, -0.05) is 11.6 Å². The molecule has 0 spiro atoms. The van der Waals surface area contributed by atoms with E-state index < -0.39 is 17.7 Å². The molecule has 0 unspecified atom stereocenters. The Hall–Kier alpha value is -1.95. The summed E-state index contributed by atoms with van der Waals surface area (Å²) in [6.45, 7) is 5.14. The van der Waals surface area contributed by atoms with Gasteiger partial charge in [-0.25, -0.2) is 4.79 Å². The van der Waals surface area contributed by atoms with E-state index in [0.717, 1.165) is 0 Å². The van der Waals surface area contributed by atoms with Crippen molar-refractivity contribution < 1.29 is 24.2 Å². The van der Waals surface area contributed by atoms with Crippen LogP contribution in [0.3, 0.4) is 0 Å². The van der Waals surface area contributed by atoms with Crippen LogP contribution in [0.15, 0.2) is 18.2 Å². The Bertz CT molecular complexity index is 553. The fourth-order valence-corrected chi connectivity index (χ4v) is 1.87. The number of benzene rings is 1. The summed E-state index contributed by atoms with van der Waals surface area (Å²) in [5.41, 5.74) is -0.338. The van der Waals surface area contributed by atoms with Crippen LogP contribution in [0.25, 0.3) is 0 Å². The molecule has 0 aliphatic heterocycles. The average Bonchev–Trinajstić information content (AvgIpc) is 2.36. The fraction of sp³-hybridized carbons (Fsp3) is 0.467. The largest absolute Gasteiger partial charge is 0.495 e. The number of hydrogen-bond donors (Lipinski definition) is 1. The third-order valence-corrected chi connectivity index (χ3v) is 2.83. The number of rotatable bonds is 5. The second kappa shape index (κ2) is 7.35. The first-order valence-corrected chi connectivity index (χ1v) is 7.07. The van der Waals surface area contributed by atoms with Gasteiger partial charge in [-0.3, -0.25) is 9.69 Å². The number of nitrogens with zero attached hydrogens (tertiary/aromatic N) is 1. The maximum atomic E-state index is 12.4. The minimum absolute atomic E-state index is 0.0546. The Kier molecular flexibility index (Phi) is 6.05. The zero-order chi connectivity index (χ0) is 16.9. The molecular weight excluding hydrogens is 310 g/mol. The molecule has 0 radical (unpaired) electrons. The predicted octanol–water partition coefficient (Wildman–Crippen LogP) is 3.56. The van der Waals surface area contributed by atoms with Crippen LogP contribution in [-0.4, -0.2) is 36.4 Å². The Morgan fingerprint density at radius 3 is 2.45 bits per heavy atom. The molecule has 0 aliphatic carbocycles. The van der Waals surface area contributed by atoms with Crippen molar-refractivity contribution in [1.29, 1.82) is 0 Å². The van der Waals surface area contributed by atoms with Crippen LogP contribution in [0.4, 0.5) is 10.5 Å². The van der Waals surface area contributed by atoms with Gasteiger partial charge in [-0.05, 0) is 39.0 Å². The van der Waals surface area contributed by atoms with Gasteiger partial charge in [0.1, 0.15) is 11.4 Å². The van der Waals surface area contributed by atoms with Crippen LogP contribution in [-0.2, 0) is 9.53 Å². The van der Waals surface area contributed by atoms with Gasteiger partial charge < -0.3 is 14.6 Å². The van der Waals surface area contributed by atoms with E-state index in [0.29, 0.717) is 16.5 Å². The maximum absolute atomic E-state index is 12.4. The van der Waals surface area contributed by atoms with E-state index in [2.05, 4.69) is 0 Å². The zero-order valence-electron chi connectivity index (χ0n) is 13.1. The van der Waals surface area contributed by atoms with Crippen molar-refractivity contribution in [3.05, 3.63) is 23.2 Å². The second-order valence-corrected chi connectivity index (χ2v) is 6.03. The third-order valence-electron chi connectivity index (χ3n) is 2.59. The number of hydrogen-bond acceptors (Lipinski definition) is 4. The van der Waals surface area contributed by atoms with Crippen LogP contribution in [0.2, 0.25) is 5.02 Å². The molecule has 1 amide bonds. The van der Waals surface area contributed by atoms with E-state index in [1.54, 1.807) is 32.9 Å². The first kappa shape index (κ1) is 18.1. The van der Waals surface area contributed by atoms with Gasteiger partial charge >= 0.3 is 12.1 Å². The number of carboxylic acids is 1. The number of halogens is 1. The van der Waals surface area contributed by atoms with Crippen molar-refractivity contribution in [3.63, 3.8) is 0 Å². The highest BCUT2D eigenvalue weighted by molar-refractivity contribution is 6.31. The molecule has 0 saturated heterocycles. The highest BCUT2D eigenvalue weighted by Gasteiger charge is 2.26. The maximum Gasteiger partial charge on any atom is 0.414 e. The van der Waals surface area contributed by atoms with Gasteiger partial charge in [-0.2, -0.15) is 0 Å². The monoisotopic (exact) mass is 329 g/mol. The summed E-state index contributed by atoms with van der Waals surface area (Å²) >= 11 is 5.97. The minimum atomic E-state index is -1.02. The summed E-state index contributed by atoms with van der Waals surface area (Å²) < 4.78 is 10.5. The van der Waals surface area contributed by atoms with Crippen molar-refractivity contribution >= 4 is 29.4 Å². The molecule has 1 aromatic carbocycles. The number of carboxylic acid groups (broad SMARTS) is 1. The summed E-state index contributed by atoms with van der Waals surface area (Å²) in [6.07, 6.45) is -0.885. The number of methoxy groups -OCH3 is 1. The molecule has 1 rings (SSSR count). The van der Waals surface area contributed by atoms with Crippen LogP contribution in [0.5, 0.6) is 5.75 Å². The van der Waals surface area contributed by atoms with E-state index in [1.807, 2.05) is 0 Å². The zero-order valence-corrected chi connectivity index (χ0v) is 13.8. The SMILES string of the molecule is COc1ccc(Cl)cc1N(CCC(=O)O)C(=O)OC(C)(C)C. The Labute approximate surface area is 134 Å². The average molecular weight is 330 g/mol. The van der Waals surface area contributed by atoms with E-state index in [-0.39, 0.29) is 13.0 Å². The molecule has 22 heavy (non-hydrogen) atoms. The van der Waals surface area contributed by atoms with E-state index in [1.165, 1.54) is 18.1 Å². The molecule has 1 N–H and O–H groups in total. The molecule has 122 valence electrons. The van der Waals surface area contributed by atoms with Crippen molar-refractivity contribution in [1.82, 2.24) is 0 Å². The number of ether oxygens (including phenoxy) is 2. The Morgan fingerprint density at radius 2 is 1.95 bits per heavy atom. The number of aliphatic carboxylic acids is 1. The van der Waals surface area contributed by atoms with Gasteiger partial charge in [0.05, 0.1) is 19.2 Å². The van der Waals surface area contributed by atoms with E-state index in [9.17, 15) is 9.59 Å². The molecule has 1 aromatic rings. The summed E-state index contributed by atoms with van der Waals surface area (Å²) in [4.78, 5) is 24.4. The smallest absolute Gasteiger partial charge is 0.414 e. The molecule has 0 heterocycles. The number of carbonyl (C=O) groups is 2. The summed E-state index contributed by atoms with van der Waals surface area (Å²) in [5.74, 6) is -0.616. The first-order chi connectivity index (χ1) is 10.1. The number of carbonyl (C=O) groups excluding carboxylic acids is 1. The molecule has 0 fully saturated rings. The van der Waals surface area contributed by atoms with Gasteiger partial charge in [0.2, 0.25) is 0 Å². The second-order valence-electron chi connectivity index (χ2n) is 5.59. The van der Waals surface area contributed by atoms with Crippen LogP contribution < -0.4 is 9.64 Å². The van der Waals surface area contributed by atoms with Gasteiger partial charge in [0, 0.05) is 11.6 Å². The lowest BCUT2D eigenvalue weighted by Crippen LogP contribution is -2.38. The van der Waals surface area contributed by atoms with Crippen molar-refractivity contribution in [2.45, 2.75) is 32.8 Å². The fourth-order valence-electron chi connectivity index (χ4n) is 1.71. The van der Waals surface area contributed by atoms with Gasteiger partial charge in [-0.15, -0.1) is 0 Å². The molecule has 0 bridgehead atoms. The Balaban J connectivity index is 3.16. The predicted molar refractivity (Wildman–Crippen MR) is 83.8 cm³/mol. The van der Waals surface area contributed by atoms with Crippen LogP contribution in [0.1, 0.15) is 27.2 Å². The van der Waals surface area contributed by atoms with Crippen LogP contribution >= 0.6 is 11.6 Å². The lowest BCUT2D eigenvalue weighted by Gasteiger charge is -2.28. The Morgan fingerprint density at radius 1 is 1.32 bits per heavy atom. The normalized spacial score (nSPS) is 11.0. The summed E-state index contributed by atoms with van der Waals surface area (Å²) in [7, 11) is 1.46. The lowest BCUT2D eigenvalue weighted by atomic mass is 10.2. The molecule has 0 atom stereocenters. The van der Waals surface area contributed by atoms with Gasteiger partial charge in [0.15, 0.2) is 0 Å². The van der Waals surface area contributed by atoms with Crippen molar-refractivity contribution in [2.75, 3.05) is 18.6 Å². The summed E-state index contributed by atoms with van der Waals surface area (Å²) in [5, 5.41) is 9.27. The van der Waals surface area contributed by atoms with Gasteiger partial charge in [0.25, 0.3) is 0 Å². The molecule has 0 aliphatic rings. The molecule has 6 nitrogen and oxygen atoms in total. The standard InChI is InChI=1S/C15H20ClNO5/c1-15(2,3)22-14(20)17(8-7-13(18)19)11-9-10(16)5-6-12(11)21-4/h5-6,9H,7-8H2,1-4H3,(H,18,19). The first-order valence-electron chi connectivity index (χ1n) is 6.70. The summed E-state index contributed by atoms with van der Waals surface area (Å²) in [6, 6.07) is 4.76. The highest BCUT2D eigenvalue weighted by Crippen LogP contribution is 2.32. The quantitative estimate of drug-likeness (QED) is 0.893. The number of anilines is 1. The minimum Gasteiger partial charge on any atom is -0.495 e. The van der Waals surface area contributed by atoms with E-state index in [4.69, 9.17) is 26.2 Å². The van der Waals surface area contributed by atoms with E-state index >= 15 is 0 Å². The number of amides is 1. The third kappa shape index (κ3) is 5.44. The molecule has 0 saturated carbocycles. The molecule has 7 heteroatoms. The van der Waals surface area contributed by atoms with Crippen LogP contribution in [0, 0.1) is 0 Å². The topological polar surface area (TPSA) is 76.1 Å². The lowest BCUT2D eigenvalue weighted by molar-refractivity contribution is -0.136. The molecular formula is C15H20ClNO5. The highest BCUT2D eigenvalue weighted by atomic mass is 35.5. The van der Waals surface area contributed by atoms with Crippen molar-refractivity contribution in [2.24, 2.45) is 0 Å². The molecule has 0 aromatic heterocycles.